The van der Waals surface area contributed by atoms with E-state index in [0.29, 0.717) is 5.69 Å². The second kappa shape index (κ2) is 8.08. The second-order valence-corrected chi connectivity index (χ2v) is 6.86. The fourth-order valence-electron chi connectivity index (χ4n) is 3.35. The summed E-state index contributed by atoms with van der Waals surface area (Å²) in [6.07, 6.45) is 0. The lowest BCUT2D eigenvalue weighted by molar-refractivity contribution is 0.102. The van der Waals surface area contributed by atoms with Gasteiger partial charge >= 0.3 is 0 Å². The van der Waals surface area contributed by atoms with Crippen LogP contribution in [0.5, 0.6) is 0 Å². The van der Waals surface area contributed by atoms with Gasteiger partial charge < -0.3 is 15.1 Å². The molecule has 0 bridgehead atoms. The first kappa shape index (κ1) is 18.0. The monoisotopic (exact) mass is 373 g/mol. The highest BCUT2D eigenvalue weighted by atomic mass is 16.1. The predicted molar refractivity (Wildman–Crippen MR) is 112 cm³/mol. The molecule has 6 heteroatoms. The van der Waals surface area contributed by atoms with Crippen molar-refractivity contribution in [3.63, 3.8) is 0 Å². The third-order valence-corrected chi connectivity index (χ3v) is 5.00. The zero-order valence-corrected chi connectivity index (χ0v) is 15.9. The highest BCUT2D eigenvalue weighted by Gasteiger charge is 2.19. The Balaban J connectivity index is 1.37. The Morgan fingerprint density at radius 3 is 2.18 bits per heavy atom. The van der Waals surface area contributed by atoms with Gasteiger partial charge in [0, 0.05) is 37.6 Å². The fraction of sp³-hybridized carbons (Fsp3) is 0.227. The third kappa shape index (κ3) is 3.96. The molecule has 0 saturated carbocycles. The summed E-state index contributed by atoms with van der Waals surface area (Å²) in [4.78, 5) is 17.0. The minimum Gasteiger partial charge on any atom is -0.368 e. The van der Waals surface area contributed by atoms with E-state index < -0.39 is 0 Å². The van der Waals surface area contributed by atoms with Crippen molar-refractivity contribution in [2.75, 3.05) is 41.3 Å². The predicted octanol–water partition coefficient (Wildman–Crippen LogP) is 3.36. The normalized spacial score (nSPS) is 14.0. The summed E-state index contributed by atoms with van der Waals surface area (Å²) in [5.41, 5.74) is 3.36. The lowest BCUT2D eigenvalue weighted by atomic mass is 10.2. The lowest BCUT2D eigenvalue weighted by Crippen LogP contribution is -2.46. The van der Waals surface area contributed by atoms with Crippen LogP contribution in [0.1, 0.15) is 16.1 Å². The average Bonchev–Trinajstić information content (AvgIpc) is 2.76. The number of aryl methyl sites for hydroxylation is 1. The van der Waals surface area contributed by atoms with E-state index >= 15 is 0 Å². The molecule has 0 radical (unpaired) electrons. The van der Waals surface area contributed by atoms with Crippen LogP contribution in [0.15, 0.2) is 66.7 Å². The van der Waals surface area contributed by atoms with Crippen LogP contribution in [0.3, 0.4) is 0 Å². The van der Waals surface area contributed by atoms with Crippen molar-refractivity contribution < 1.29 is 4.79 Å². The maximum absolute atomic E-state index is 12.4. The zero-order valence-electron chi connectivity index (χ0n) is 15.9. The number of piperazine rings is 1. The van der Waals surface area contributed by atoms with E-state index in [1.54, 1.807) is 6.07 Å². The Hall–Kier alpha value is -3.41. The van der Waals surface area contributed by atoms with Gasteiger partial charge in [-0.15, -0.1) is 10.2 Å². The molecule has 0 unspecified atom stereocenters. The number of amides is 1. The van der Waals surface area contributed by atoms with Crippen molar-refractivity contribution >= 4 is 23.1 Å². The standard InChI is InChI=1S/C22H23N5O/c1-17-7-5-6-10-19(17)23-22(28)20-11-12-21(25-24-20)27-15-13-26(14-16-27)18-8-3-2-4-9-18/h2-12H,13-16H2,1H3,(H,23,28). The van der Waals surface area contributed by atoms with Crippen LogP contribution < -0.4 is 15.1 Å². The van der Waals surface area contributed by atoms with E-state index in [0.717, 1.165) is 43.2 Å². The second-order valence-electron chi connectivity index (χ2n) is 6.86. The number of hydrogen-bond donors (Lipinski definition) is 1. The van der Waals surface area contributed by atoms with Crippen LogP contribution >= 0.6 is 0 Å². The summed E-state index contributed by atoms with van der Waals surface area (Å²) in [5, 5.41) is 11.3. The van der Waals surface area contributed by atoms with Crippen molar-refractivity contribution in [3.05, 3.63) is 78.0 Å². The van der Waals surface area contributed by atoms with Gasteiger partial charge in [-0.05, 0) is 42.8 Å². The van der Waals surface area contributed by atoms with Gasteiger partial charge in [-0.1, -0.05) is 36.4 Å². The molecule has 0 spiro atoms. The van der Waals surface area contributed by atoms with Crippen LogP contribution in [0.2, 0.25) is 0 Å². The fourth-order valence-corrected chi connectivity index (χ4v) is 3.35. The molecule has 1 N–H and O–H groups in total. The molecule has 0 aliphatic carbocycles. The number of nitrogens with one attached hydrogen (secondary N) is 1. The summed E-state index contributed by atoms with van der Waals surface area (Å²) in [6.45, 7) is 5.57. The SMILES string of the molecule is Cc1ccccc1NC(=O)c1ccc(N2CCN(c3ccccc3)CC2)nn1. The smallest absolute Gasteiger partial charge is 0.276 e. The molecule has 0 atom stereocenters. The Morgan fingerprint density at radius 1 is 0.821 bits per heavy atom. The van der Waals surface area contributed by atoms with E-state index in [-0.39, 0.29) is 5.91 Å². The van der Waals surface area contributed by atoms with Crippen molar-refractivity contribution in [2.45, 2.75) is 6.92 Å². The minimum atomic E-state index is -0.248. The number of carbonyl (C=O) groups is 1. The highest BCUT2D eigenvalue weighted by Crippen LogP contribution is 2.19. The largest absolute Gasteiger partial charge is 0.368 e. The number of rotatable bonds is 4. The van der Waals surface area contributed by atoms with E-state index in [2.05, 4.69) is 49.6 Å². The zero-order chi connectivity index (χ0) is 19.3. The van der Waals surface area contributed by atoms with Crippen LogP contribution in [0.4, 0.5) is 17.2 Å². The van der Waals surface area contributed by atoms with Gasteiger partial charge in [0.05, 0.1) is 0 Å². The van der Waals surface area contributed by atoms with E-state index in [9.17, 15) is 4.79 Å². The topological polar surface area (TPSA) is 61.4 Å². The molecule has 1 fully saturated rings. The molecule has 3 aromatic rings. The number of anilines is 3. The first-order chi connectivity index (χ1) is 13.7. The molecular weight excluding hydrogens is 350 g/mol. The molecule has 1 aliphatic rings. The maximum atomic E-state index is 12.4. The molecule has 1 saturated heterocycles. The van der Waals surface area contributed by atoms with Crippen molar-refractivity contribution in [3.8, 4) is 0 Å². The number of para-hydroxylation sites is 2. The van der Waals surface area contributed by atoms with Crippen LogP contribution in [-0.4, -0.2) is 42.3 Å². The number of carbonyl (C=O) groups excluding carboxylic acids is 1. The summed E-state index contributed by atoms with van der Waals surface area (Å²) in [7, 11) is 0. The number of hydrogen-bond acceptors (Lipinski definition) is 5. The van der Waals surface area contributed by atoms with Gasteiger partial charge in [0.2, 0.25) is 0 Å². The molecular formula is C22H23N5O. The number of aromatic nitrogens is 2. The van der Waals surface area contributed by atoms with Crippen molar-refractivity contribution in [1.29, 1.82) is 0 Å². The van der Waals surface area contributed by atoms with Gasteiger partial charge in [0.1, 0.15) is 0 Å². The molecule has 2 aromatic carbocycles. The highest BCUT2D eigenvalue weighted by molar-refractivity contribution is 6.03. The van der Waals surface area contributed by atoms with Crippen molar-refractivity contribution in [2.24, 2.45) is 0 Å². The average molecular weight is 373 g/mol. The van der Waals surface area contributed by atoms with Gasteiger partial charge in [-0.25, -0.2) is 0 Å². The Morgan fingerprint density at radius 2 is 1.50 bits per heavy atom. The third-order valence-electron chi connectivity index (χ3n) is 5.00. The first-order valence-corrected chi connectivity index (χ1v) is 9.46. The summed E-state index contributed by atoms with van der Waals surface area (Å²) in [6, 6.07) is 21.7. The molecule has 28 heavy (non-hydrogen) atoms. The maximum Gasteiger partial charge on any atom is 0.276 e. The summed E-state index contributed by atoms with van der Waals surface area (Å²) < 4.78 is 0. The number of benzene rings is 2. The van der Waals surface area contributed by atoms with Gasteiger partial charge in [-0.3, -0.25) is 4.79 Å². The summed E-state index contributed by atoms with van der Waals surface area (Å²) in [5.74, 6) is 0.558. The van der Waals surface area contributed by atoms with Crippen molar-refractivity contribution in [1.82, 2.24) is 10.2 Å². The van der Waals surface area contributed by atoms with E-state index in [4.69, 9.17) is 0 Å². The van der Waals surface area contributed by atoms with Gasteiger partial charge in [0.25, 0.3) is 5.91 Å². The first-order valence-electron chi connectivity index (χ1n) is 9.46. The molecule has 1 aromatic heterocycles. The van der Waals surface area contributed by atoms with Gasteiger partial charge in [-0.2, -0.15) is 0 Å². The minimum absolute atomic E-state index is 0.248. The molecule has 6 nitrogen and oxygen atoms in total. The molecule has 1 aliphatic heterocycles. The van der Waals surface area contributed by atoms with E-state index in [1.807, 2.05) is 43.3 Å². The molecule has 1 amide bonds. The van der Waals surface area contributed by atoms with Crippen LogP contribution in [0, 0.1) is 6.92 Å². The molecule has 142 valence electrons. The Labute approximate surface area is 164 Å². The number of nitrogens with zero attached hydrogens (tertiary/aromatic N) is 4. The Kier molecular flexibility index (Phi) is 5.19. The summed E-state index contributed by atoms with van der Waals surface area (Å²) >= 11 is 0. The Bertz CT molecular complexity index is 935. The molecule has 2 heterocycles. The quantitative estimate of drug-likeness (QED) is 0.760. The van der Waals surface area contributed by atoms with Gasteiger partial charge in [0.15, 0.2) is 11.5 Å². The molecule has 4 rings (SSSR count). The van der Waals surface area contributed by atoms with E-state index in [1.165, 1.54) is 5.69 Å². The van der Waals surface area contributed by atoms with Crippen LogP contribution in [-0.2, 0) is 0 Å². The van der Waals surface area contributed by atoms with Crippen LogP contribution in [0.25, 0.3) is 0 Å². The lowest BCUT2D eigenvalue weighted by Gasteiger charge is -2.36.